The molecule has 0 unspecified atom stereocenters. The van der Waals surface area contributed by atoms with Gasteiger partial charge >= 0.3 is 6.03 Å². The van der Waals surface area contributed by atoms with Crippen molar-refractivity contribution in [3.63, 3.8) is 0 Å². The molecule has 0 aliphatic carbocycles. The Bertz CT molecular complexity index is 1080. The molecule has 2 N–H and O–H groups in total. The van der Waals surface area contributed by atoms with Crippen LogP contribution in [-0.4, -0.2) is 19.0 Å². The van der Waals surface area contributed by atoms with E-state index in [9.17, 15) is 14.0 Å². The number of anilines is 3. The van der Waals surface area contributed by atoms with E-state index in [2.05, 4.69) is 39.4 Å². The van der Waals surface area contributed by atoms with Crippen molar-refractivity contribution in [2.75, 3.05) is 22.0 Å². The molecular weight excluding hydrogens is 473 g/mol. The lowest BCUT2D eigenvalue weighted by molar-refractivity contribution is 0.102. The lowest BCUT2D eigenvalue weighted by atomic mass is 10.2. The van der Waals surface area contributed by atoms with E-state index in [4.69, 9.17) is 4.74 Å². The number of urea groups is 1. The molecule has 0 aliphatic rings. The zero-order valence-electron chi connectivity index (χ0n) is 15.7. The summed E-state index contributed by atoms with van der Waals surface area (Å²) in [5.74, 6) is -0.523. The van der Waals surface area contributed by atoms with E-state index in [0.717, 1.165) is 4.31 Å². The summed E-state index contributed by atoms with van der Waals surface area (Å²) in [7, 11) is 1.55. The summed E-state index contributed by atoms with van der Waals surface area (Å²) in [5.41, 5.74) is 1.43. The maximum absolute atomic E-state index is 13.7. The van der Waals surface area contributed by atoms with Gasteiger partial charge in [-0.25, -0.2) is 13.5 Å². The SMILES string of the molecule is COc1ccc(NC(=O)N(S)c2ccc(NC(=O)c3ccccc3F)cc2)cc1Br. The van der Waals surface area contributed by atoms with Crippen molar-refractivity contribution < 1.29 is 18.7 Å². The predicted molar refractivity (Wildman–Crippen MR) is 122 cm³/mol. The highest BCUT2D eigenvalue weighted by molar-refractivity contribution is 9.10. The second-order valence-electron chi connectivity index (χ2n) is 6.07. The largest absolute Gasteiger partial charge is 0.496 e. The van der Waals surface area contributed by atoms with Crippen LogP contribution in [0, 0.1) is 5.82 Å². The molecule has 0 atom stereocenters. The molecule has 0 saturated carbocycles. The molecule has 6 nitrogen and oxygen atoms in total. The van der Waals surface area contributed by atoms with Gasteiger partial charge in [0.1, 0.15) is 11.6 Å². The Hall–Kier alpha value is -3.04. The molecule has 0 aromatic heterocycles. The number of methoxy groups -OCH3 is 1. The van der Waals surface area contributed by atoms with E-state index in [0.29, 0.717) is 27.3 Å². The molecule has 3 aromatic rings. The van der Waals surface area contributed by atoms with Gasteiger partial charge in [0.2, 0.25) is 0 Å². The number of rotatable bonds is 5. The smallest absolute Gasteiger partial charge is 0.336 e. The van der Waals surface area contributed by atoms with Gasteiger partial charge in [0, 0.05) is 11.4 Å². The number of hydrogen-bond donors (Lipinski definition) is 3. The molecule has 0 bridgehead atoms. The summed E-state index contributed by atoms with van der Waals surface area (Å²) in [5, 5.41) is 5.33. The Labute approximate surface area is 186 Å². The van der Waals surface area contributed by atoms with E-state index in [1.165, 1.54) is 18.2 Å². The Morgan fingerprint density at radius 3 is 2.30 bits per heavy atom. The second-order valence-corrected chi connectivity index (χ2v) is 7.33. The standard InChI is InChI=1S/C21H17BrFN3O3S/c1-29-19-11-8-14(12-17(19)22)25-21(28)26(30)15-9-6-13(7-10-15)24-20(27)16-4-2-3-5-18(16)23/h2-12,30H,1H3,(H,24,27)(H,25,28). The van der Waals surface area contributed by atoms with Crippen molar-refractivity contribution in [2.24, 2.45) is 0 Å². The second kappa shape index (κ2) is 9.64. The molecular formula is C21H17BrFN3O3S. The van der Waals surface area contributed by atoms with Crippen LogP contribution in [0.4, 0.5) is 26.2 Å². The topological polar surface area (TPSA) is 70.7 Å². The Kier molecular flexibility index (Phi) is 6.96. The highest BCUT2D eigenvalue weighted by Gasteiger charge is 2.14. The maximum Gasteiger partial charge on any atom is 0.336 e. The van der Waals surface area contributed by atoms with Gasteiger partial charge in [-0.1, -0.05) is 24.9 Å². The van der Waals surface area contributed by atoms with Crippen LogP contribution < -0.4 is 19.7 Å². The number of benzene rings is 3. The summed E-state index contributed by atoms with van der Waals surface area (Å²) < 4.78 is 20.7. The molecule has 3 amide bonds. The highest BCUT2D eigenvalue weighted by Crippen LogP contribution is 2.28. The fraction of sp³-hybridized carbons (Fsp3) is 0.0476. The van der Waals surface area contributed by atoms with Crippen LogP contribution in [0.25, 0.3) is 0 Å². The van der Waals surface area contributed by atoms with Crippen LogP contribution in [0.2, 0.25) is 0 Å². The van der Waals surface area contributed by atoms with Crippen molar-refractivity contribution in [1.29, 1.82) is 0 Å². The number of carbonyl (C=O) groups excluding carboxylic acids is 2. The average molecular weight is 490 g/mol. The molecule has 0 saturated heterocycles. The van der Waals surface area contributed by atoms with Gasteiger partial charge in [0.05, 0.1) is 22.8 Å². The van der Waals surface area contributed by atoms with Crippen molar-refractivity contribution >= 4 is 57.7 Å². The van der Waals surface area contributed by atoms with Crippen LogP contribution in [0.3, 0.4) is 0 Å². The lowest BCUT2D eigenvalue weighted by Crippen LogP contribution is -2.26. The van der Waals surface area contributed by atoms with Gasteiger partial charge in [-0.15, -0.1) is 0 Å². The minimum absolute atomic E-state index is 0.0533. The fourth-order valence-electron chi connectivity index (χ4n) is 2.57. The first-order valence-electron chi connectivity index (χ1n) is 8.68. The van der Waals surface area contributed by atoms with Crippen LogP contribution in [0.1, 0.15) is 10.4 Å². The number of nitrogens with one attached hydrogen (secondary N) is 2. The molecule has 0 fully saturated rings. The number of nitrogens with zero attached hydrogens (tertiary/aromatic N) is 1. The van der Waals surface area contributed by atoms with Crippen molar-refractivity contribution in [3.05, 3.63) is 82.6 Å². The first-order valence-corrected chi connectivity index (χ1v) is 9.88. The monoisotopic (exact) mass is 489 g/mol. The van der Waals surface area contributed by atoms with Gasteiger partial charge in [0.15, 0.2) is 0 Å². The average Bonchev–Trinajstić information content (AvgIpc) is 2.74. The van der Waals surface area contributed by atoms with E-state index in [-0.39, 0.29) is 5.56 Å². The third kappa shape index (κ3) is 5.11. The number of hydrogen-bond acceptors (Lipinski definition) is 4. The Morgan fingerprint density at radius 2 is 1.67 bits per heavy atom. The predicted octanol–water partition coefficient (Wildman–Crippen LogP) is 5.73. The number of halogens is 2. The van der Waals surface area contributed by atoms with Crippen LogP contribution in [-0.2, 0) is 0 Å². The van der Waals surface area contributed by atoms with E-state index >= 15 is 0 Å². The van der Waals surface area contributed by atoms with E-state index in [1.54, 1.807) is 55.6 Å². The first kappa shape index (κ1) is 21.7. The Morgan fingerprint density at radius 1 is 1.00 bits per heavy atom. The van der Waals surface area contributed by atoms with Crippen molar-refractivity contribution in [3.8, 4) is 5.75 Å². The number of carbonyl (C=O) groups is 2. The van der Waals surface area contributed by atoms with Crippen molar-refractivity contribution in [2.45, 2.75) is 0 Å². The molecule has 0 spiro atoms. The molecule has 154 valence electrons. The first-order chi connectivity index (χ1) is 14.4. The van der Waals surface area contributed by atoms with Crippen LogP contribution in [0.5, 0.6) is 5.75 Å². The van der Waals surface area contributed by atoms with Crippen LogP contribution in [0.15, 0.2) is 71.2 Å². The lowest BCUT2D eigenvalue weighted by Gasteiger charge is -2.17. The number of thiol groups is 1. The van der Waals surface area contributed by atoms with Crippen LogP contribution >= 0.6 is 28.7 Å². The summed E-state index contributed by atoms with van der Waals surface area (Å²) >= 11 is 7.59. The van der Waals surface area contributed by atoms with Gasteiger partial charge in [-0.3, -0.25) is 4.79 Å². The van der Waals surface area contributed by atoms with E-state index < -0.39 is 17.8 Å². The minimum Gasteiger partial charge on any atom is -0.496 e. The van der Waals surface area contributed by atoms with Gasteiger partial charge in [-0.05, 0) is 70.5 Å². The van der Waals surface area contributed by atoms with Crippen molar-refractivity contribution in [1.82, 2.24) is 0 Å². The zero-order valence-corrected chi connectivity index (χ0v) is 18.2. The zero-order chi connectivity index (χ0) is 21.7. The molecule has 30 heavy (non-hydrogen) atoms. The summed E-state index contributed by atoms with van der Waals surface area (Å²) in [6.07, 6.45) is 0. The highest BCUT2D eigenvalue weighted by atomic mass is 79.9. The summed E-state index contributed by atoms with van der Waals surface area (Å²) in [6, 6.07) is 16.8. The van der Waals surface area contributed by atoms with Gasteiger partial charge < -0.3 is 15.4 Å². The van der Waals surface area contributed by atoms with Gasteiger partial charge in [0.25, 0.3) is 5.91 Å². The minimum atomic E-state index is -0.602. The molecule has 0 radical (unpaired) electrons. The fourth-order valence-corrected chi connectivity index (χ4v) is 3.29. The molecule has 3 aromatic carbocycles. The number of ether oxygens (including phenoxy) is 1. The summed E-state index contributed by atoms with van der Waals surface area (Å²) in [4.78, 5) is 24.6. The molecule has 0 aliphatic heterocycles. The third-order valence-corrected chi connectivity index (χ3v) is 5.12. The normalized spacial score (nSPS) is 10.3. The maximum atomic E-state index is 13.7. The molecule has 9 heteroatoms. The molecule has 3 rings (SSSR count). The number of amides is 3. The molecule has 0 heterocycles. The Balaban J connectivity index is 1.65. The van der Waals surface area contributed by atoms with Gasteiger partial charge in [-0.2, -0.15) is 0 Å². The third-order valence-electron chi connectivity index (χ3n) is 4.08. The quantitative estimate of drug-likeness (QED) is 0.400. The van der Waals surface area contributed by atoms with E-state index in [1.807, 2.05) is 0 Å². The summed E-state index contributed by atoms with van der Waals surface area (Å²) in [6.45, 7) is 0.